The minimum atomic E-state index is -0.638. The Bertz CT molecular complexity index is 796. The van der Waals surface area contributed by atoms with E-state index in [0.717, 1.165) is 5.69 Å². The number of hydrogen-bond donors (Lipinski definition) is 0. The molecule has 2 heterocycles. The van der Waals surface area contributed by atoms with Gasteiger partial charge in [-0.05, 0) is 35.4 Å². The SMILES string of the molecule is CSc1ccc(-n2cc(Cn3cnc([N+](=O)[O-])n3)nn2)cc1. The van der Waals surface area contributed by atoms with Crippen molar-refractivity contribution in [1.82, 2.24) is 29.8 Å². The van der Waals surface area contributed by atoms with Crippen molar-refractivity contribution in [3.8, 4) is 5.69 Å². The first kappa shape index (κ1) is 14.2. The van der Waals surface area contributed by atoms with Gasteiger partial charge in [-0.25, -0.2) is 4.68 Å². The van der Waals surface area contributed by atoms with E-state index in [9.17, 15) is 10.1 Å². The van der Waals surface area contributed by atoms with Gasteiger partial charge in [0.15, 0.2) is 0 Å². The Balaban J connectivity index is 1.76. The van der Waals surface area contributed by atoms with Gasteiger partial charge in [0.1, 0.15) is 12.2 Å². The highest BCUT2D eigenvalue weighted by atomic mass is 32.2. The lowest BCUT2D eigenvalue weighted by atomic mass is 10.3. The highest BCUT2D eigenvalue weighted by Gasteiger charge is 2.14. The molecule has 0 atom stereocenters. The van der Waals surface area contributed by atoms with Crippen LogP contribution in [0.15, 0.2) is 41.7 Å². The van der Waals surface area contributed by atoms with Crippen molar-refractivity contribution in [2.75, 3.05) is 6.26 Å². The summed E-state index contributed by atoms with van der Waals surface area (Å²) in [6, 6.07) is 7.90. The molecule has 10 heteroatoms. The van der Waals surface area contributed by atoms with Crippen molar-refractivity contribution in [3.63, 3.8) is 0 Å². The van der Waals surface area contributed by atoms with E-state index in [0.29, 0.717) is 5.69 Å². The minimum absolute atomic E-state index is 0.268. The fraction of sp³-hybridized carbons (Fsp3) is 0.167. The summed E-state index contributed by atoms with van der Waals surface area (Å²) in [4.78, 5) is 14.7. The van der Waals surface area contributed by atoms with Gasteiger partial charge in [0.25, 0.3) is 0 Å². The average molecular weight is 317 g/mol. The predicted octanol–water partition coefficient (Wildman–Crippen LogP) is 1.54. The first-order valence-corrected chi connectivity index (χ1v) is 7.47. The van der Waals surface area contributed by atoms with Crippen LogP contribution in [-0.4, -0.2) is 40.9 Å². The number of rotatable bonds is 5. The van der Waals surface area contributed by atoms with Crippen molar-refractivity contribution in [3.05, 3.63) is 52.6 Å². The van der Waals surface area contributed by atoms with Crippen LogP contribution in [0.25, 0.3) is 5.69 Å². The zero-order valence-corrected chi connectivity index (χ0v) is 12.3. The van der Waals surface area contributed by atoms with Crippen molar-refractivity contribution in [2.24, 2.45) is 0 Å². The molecule has 0 saturated heterocycles. The molecule has 0 aliphatic heterocycles. The molecule has 0 fully saturated rings. The number of benzene rings is 1. The van der Waals surface area contributed by atoms with E-state index in [1.54, 1.807) is 22.6 Å². The third kappa shape index (κ3) is 2.96. The Hall–Kier alpha value is -2.75. The molecule has 1 aromatic carbocycles. The summed E-state index contributed by atoms with van der Waals surface area (Å²) < 4.78 is 2.99. The van der Waals surface area contributed by atoms with E-state index in [1.165, 1.54) is 15.9 Å². The fourth-order valence-electron chi connectivity index (χ4n) is 1.84. The molecule has 3 rings (SSSR count). The van der Waals surface area contributed by atoms with Gasteiger partial charge in [0.05, 0.1) is 11.9 Å². The smallest absolute Gasteiger partial charge is 0.390 e. The van der Waals surface area contributed by atoms with Crippen molar-refractivity contribution >= 4 is 17.7 Å². The molecule has 0 unspecified atom stereocenters. The van der Waals surface area contributed by atoms with Gasteiger partial charge in [-0.3, -0.25) is 0 Å². The van der Waals surface area contributed by atoms with E-state index in [4.69, 9.17) is 0 Å². The molecule has 22 heavy (non-hydrogen) atoms. The molecule has 112 valence electrons. The van der Waals surface area contributed by atoms with E-state index >= 15 is 0 Å². The zero-order chi connectivity index (χ0) is 15.5. The summed E-state index contributed by atoms with van der Waals surface area (Å²) >= 11 is 1.67. The number of hydrogen-bond acceptors (Lipinski definition) is 7. The quantitative estimate of drug-likeness (QED) is 0.399. The maximum absolute atomic E-state index is 10.5. The average Bonchev–Trinajstić information content (AvgIpc) is 3.17. The topological polar surface area (TPSA) is 105 Å². The molecule has 0 spiro atoms. The minimum Gasteiger partial charge on any atom is -0.390 e. The molecule has 0 bridgehead atoms. The third-order valence-corrected chi connectivity index (χ3v) is 3.63. The lowest BCUT2D eigenvalue weighted by Crippen LogP contribution is -2.01. The Kier molecular flexibility index (Phi) is 3.83. The van der Waals surface area contributed by atoms with Gasteiger partial charge in [-0.15, -0.1) is 16.9 Å². The zero-order valence-electron chi connectivity index (χ0n) is 11.5. The highest BCUT2D eigenvalue weighted by Crippen LogP contribution is 2.16. The second kappa shape index (κ2) is 5.93. The van der Waals surface area contributed by atoms with E-state index in [1.807, 2.05) is 30.5 Å². The molecule has 0 radical (unpaired) electrons. The summed E-state index contributed by atoms with van der Waals surface area (Å²) in [5.41, 5.74) is 1.52. The number of aromatic nitrogens is 6. The first-order valence-electron chi connectivity index (χ1n) is 6.25. The van der Waals surface area contributed by atoms with Crippen LogP contribution in [0, 0.1) is 10.1 Å². The van der Waals surface area contributed by atoms with Gasteiger partial charge in [0.2, 0.25) is 6.33 Å². The Labute approximate surface area is 129 Å². The number of thioether (sulfide) groups is 1. The van der Waals surface area contributed by atoms with Gasteiger partial charge < -0.3 is 10.1 Å². The molecule has 2 aromatic heterocycles. The van der Waals surface area contributed by atoms with Crippen LogP contribution < -0.4 is 0 Å². The van der Waals surface area contributed by atoms with Crippen LogP contribution >= 0.6 is 11.8 Å². The van der Waals surface area contributed by atoms with E-state index in [-0.39, 0.29) is 6.54 Å². The van der Waals surface area contributed by atoms with Crippen LogP contribution in [-0.2, 0) is 6.54 Å². The van der Waals surface area contributed by atoms with Crippen molar-refractivity contribution < 1.29 is 4.92 Å². The maximum atomic E-state index is 10.5. The molecule has 0 amide bonds. The predicted molar refractivity (Wildman–Crippen MR) is 78.9 cm³/mol. The Morgan fingerprint density at radius 3 is 2.73 bits per heavy atom. The van der Waals surface area contributed by atoms with Gasteiger partial charge in [0, 0.05) is 9.99 Å². The molecular formula is C12H11N7O2S. The summed E-state index contributed by atoms with van der Waals surface area (Å²) in [6.45, 7) is 0.268. The first-order chi connectivity index (χ1) is 10.7. The van der Waals surface area contributed by atoms with Gasteiger partial charge in [-0.1, -0.05) is 10.2 Å². The van der Waals surface area contributed by atoms with Gasteiger partial charge in [-0.2, -0.15) is 4.68 Å². The monoisotopic (exact) mass is 317 g/mol. The number of nitrogens with zero attached hydrogens (tertiary/aromatic N) is 7. The summed E-state index contributed by atoms with van der Waals surface area (Å²) in [7, 11) is 0. The van der Waals surface area contributed by atoms with Crippen LogP contribution in [0.5, 0.6) is 0 Å². The second-order valence-corrected chi connectivity index (χ2v) is 5.23. The fourth-order valence-corrected chi connectivity index (χ4v) is 2.25. The van der Waals surface area contributed by atoms with Crippen LogP contribution in [0.3, 0.4) is 0 Å². The molecule has 3 aromatic rings. The standard InChI is InChI=1S/C12H11N7O2S/c1-22-11-4-2-10(3-5-11)18-7-9(14-16-18)6-17-8-13-12(15-17)19(20)21/h2-5,7-8H,6H2,1H3. The molecule has 9 nitrogen and oxygen atoms in total. The van der Waals surface area contributed by atoms with E-state index < -0.39 is 10.9 Å². The van der Waals surface area contributed by atoms with Crippen LogP contribution in [0.2, 0.25) is 0 Å². The molecule has 0 aliphatic rings. The maximum Gasteiger partial charge on any atom is 0.490 e. The molecular weight excluding hydrogens is 306 g/mol. The van der Waals surface area contributed by atoms with Crippen molar-refractivity contribution in [1.29, 1.82) is 0 Å². The lowest BCUT2D eigenvalue weighted by Gasteiger charge is -2.00. The highest BCUT2D eigenvalue weighted by molar-refractivity contribution is 7.98. The Morgan fingerprint density at radius 2 is 2.09 bits per heavy atom. The van der Waals surface area contributed by atoms with Crippen LogP contribution in [0.1, 0.15) is 5.69 Å². The molecule has 0 aliphatic carbocycles. The normalized spacial score (nSPS) is 10.8. The molecule has 0 saturated carbocycles. The summed E-state index contributed by atoms with van der Waals surface area (Å²) in [5, 5.41) is 22.4. The summed E-state index contributed by atoms with van der Waals surface area (Å²) in [6.07, 6.45) is 5.06. The Morgan fingerprint density at radius 1 is 1.32 bits per heavy atom. The summed E-state index contributed by atoms with van der Waals surface area (Å²) in [5.74, 6) is -0.431. The third-order valence-electron chi connectivity index (χ3n) is 2.89. The van der Waals surface area contributed by atoms with Gasteiger partial charge >= 0.3 is 5.95 Å². The van der Waals surface area contributed by atoms with E-state index in [2.05, 4.69) is 20.4 Å². The number of nitro groups is 1. The van der Waals surface area contributed by atoms with Crippen LogP contribution in [0.4, 0.5) is 5.95 Å². The lowest BCUT2D eigenvalue weighted by molar-refractivity contribution is -0.394. The largest absolute Gasteiger partial charge is 0.490 e. The molecule has 0 N–H and O–H groups in total. The van der Waals surface area contributed by atoms with Crippen molar-refractivity contribution in [2.45, 2.75) is 11.4 Å². The second-order valence-electron chi connectivity index (χ2n) is 4.35.